The first-order chi connectivity index (χ1) is 14.6. The summed E-state index contributed by atoms with van der Waals surface area (Å²) in [6.45, 7) is 6.23. The van der Waals surface area contributed by atoms with E-state index in [0.717, 1.165) is 16.6 Å². The van der Waals surface area contributed by atoms with E-state index in [4.69, 9.17) is 4.84 Å². The largest absolute Gasteiger partial charge is 0.365 e. The van der Waals surface area contributed by atoms with Crippen LogP contribution in [0.1, 0.15) is 50.4 Å². The summed E-state index contributed by atoms with van der Waals surface area (Å²) in [4.78, 5) is 31.1. The van der Waals surface area contributed by atoms with Crippen molar-refractivity contribution in [3.05, 3.63) is 64.4 Å². The Morgan fingerprint density at radius 1 is 1.03 bits per heavy atom. The molecule has 5 nitrogen and oxygen atoms in total. The number of carbonyl (C=O) groups is 2. The second kappa shape index (κ2) is 7.55. The van der Waals surface area contributed by atoms with Crippen molar-refractivity contribution in [1.29, 1.82) is 0 Å². The average Bonchev–Trinajstić information content (AvgIpc) is 3.05. The third kappa shape index (κ3) is 3.39. The van der Waals surface area contributed by atoms with Crippen molar-refractivity contribution in [3.8, 4) is 0 Å². The van der Waals surface area contributed by atoms with E-state index in [1.165, 1.54) is 12.1 Å². The molecule has 2 atom stereocenters. The Bertz CT molecular complexity index is 1070. The molecule has 0 radical (unpaired) electrons. The molecule has 0 aromatic heterocycles. The highest BCUT2D eigenvalue weighted by molar-refractivity contribution is 9.10. The molecule has 2 fully saturated rings. The summed E-state index contributed by atoms with van der Waals surface area (Å²) in [7, 11) is 0. The number of halogens is 2. The maximum Gasteiger partial charge on any atom is 0.365 e. The highest BCUT2D eigenvalue weighted by atomic mass is 79.9. The first-order valence-corrected chi connectivity index (χ1v) is 11.0. The summed E-state index contributed by atoms with van der Waals surface area (Å²) in [5, 5.41) is 7.19. The maximum atomic E-state index is 13.4. The second-order valence-electron chi connectivity index (χ2n) is 9.10. The maximum absolute atomic E-state index is 13.4. The van der Waals surface area contributed by atoms with Gasteiger partial charge in [0.05, 0.1) is 16.7 Å². The van der Waals surface area contributed by atoms with Crippen LogP contribution < -0.4 is 5.32 Å². The number of fused-ring (bicyclic) bond motifs is 2. The van der Waals surface area contributed by atoms with Gasteiger partial charge in [0.15, 0.2) is 0 Å². The molecular weight excluding hydrogens is 463 g/mol. The molecule has 2 aromatic rings. The molecule has 2 unspecified atom stereocenters. The first-order valence-electron chi connectivity index (χ1n) is 10.2. The zero-order chi connectivity index (χ0) is 22.4. The Balaban J connectivity index is 1.57. The molecule has 2 aromatic carbocycles. The molecule has 31 heavy (non-hydrogen) atoms. The smallest absolute Gasteiger partial charge is 0.326 e. The predicted octanol–water partition coefficient (Wildman–Crippen LogP) is 5.96. The van der Waals surface area contributed by atoms with Crippen LogP contribution in [-0.4, -0.2) is 17.6 Å². The quantitative estimate of drug-likeness (QED) is 0.428. The number of amides is 1. The molecule has 0 aliphatic heterocycles. The van der Waals surface area contributed by atoms with Gasteiger partial charge in [-0.1, -0.05) is 41.9 Å². The molecule has 162 valence electrons. The number of hydrogen-bond donors (Lipinski definition) is 1. The summed E-state index contributed by atoms with van der Waals surface area (Å²) in [6.07, 6.45) is 1.89. The Kier molecular flexibility index (Phi) is 5.28. The highest BCUT2D eigenvalue weighted by Gasteiger charge is 2.71. The van der Waals surface area contributed by atoms with Gasteiger partial charge < -0.3 is 10.2 Å². The molecule has 0 heterocycles. The lowest BCUT2D eigenvalue weighted by Gasteiger charge is -2.39. The van der Waals surface area contributed by atoms with Gasteiger partial charge >= 0.3 is 5.97 Å². The Hall–Kier alpha value is -2.54. The topological polar surface area (TPSA) is 67.8 Å². The molecule has 2 saturated carbocycles. The third-order valence-corrected chi connectivity index (χ3v) is 8.12. The van der Waals surface area contributed by atoms with Gasteiger partial charge in [-0.05, 0) is 66.8 Å². The van der Waals surface area contributed by atoms with Crippen molar-refractivity contribution in [2.45, 2.75) is 40.0 Å². The predicted molar refractivity (Wildman–Crippen MR) is 120 cm³/mol. The lowest BCUT2D eigenvalue weighted by Crippen LogP contribution is -2.43. The van der Waals surface area contributed by atoms with Crippen molar-refractivity contribution >= 4 is 39.2 Å². The van der Waals surface area contributed by atoms with E-state index in [1.807, 2.05) is 0 Å². The molecule has 0 saturated heterocycles. The SMILES string of the molecule is CC12CCC(C(=O)Nc3ccc(F)cc3)(CC1=NOC(=O)c1ccc(Br)cc1)C2(C)C. The fraction of sp³-hybridized carbons (Fsp3) is 0.375. The van der Waals surface area contributed by atoms with Crippen LogP contribution in [0.3, 0.4) is 0 Å². The van der Waals surface area contributed by atoms with Crippen LogP contribution in [0.2, 0.25) is 0 Å². The second-order valence-corrected chi connectivity index (χ2v) is 10.0. The number of hydrogen-bond acceptors (Lipinski definition) is 4. The van der Waals surface area contributed by atoms with Gasteiger partial charge in [0.1, 0.15) is 5.82 Å². The molecule has 2 aliphatic rings. The van der Waals surface area contributed by atoms with Crippen molar-refractivity contribution in [2.24, 2.45) is 21.4 Å². The van der Waals surface area contributed by atoms with Crippen LogP contribution in [0, 0.1) is 22.1 Å². The van der Waals surface area contributed by atoms with Gasteiger partial charge in [0, 0.05) is 22.0 Å². The minimum absolute atomic E-state index is 0.114. The van der Waals surface area contributed by atoms with Crippen molar-refractivity contribution < 1.29 is 18.8 Å². The normalized spacial score (nSPS) is 27.3. The lowest BCUT2D eigenvalue weighted by molar-refractivity contribution is -0.130. The van der Waals surface area contributed by atoms with Crippen molar-refractivity contribution in [1.82, 2.24) is 0 Å². The van der Waals surface area contributed by atoms with Crippen LogP contribution in [0.15, 0.2) is 58.2 Å². The minimum atomic E-state index is -0.682. The van der Waals surface area contributed by atoms with Gasteiger partial charge in [-0.3, -0.25) is 4.79 Å². The van der Waals surface area contributed by atoms with Crippen molar-refractivity contribution in [3.63, 3.8) is 0 Å². The van der Waals surface area contributed by atoms with Crippen LogP contribution in [0.4, 0.5) is 10.1 Å². The standard InChI is InChI=1S/C24H24BrFN2O3/c1-22(2)23(3)12-13-24(22,21(30)27-18-10-8-17(26)9-11-18)14-19(23)28-31-20(29)15-4-6-16(25)7-5-15/h4-11H,12-14H2,1-3H3,(H,27,30). The van der Waals surface area contributed by atoms with E-state index >= 15 is 0 Å². The Morgan fingerprint density at radius 2 is 1.68 bits per heavy atom. The van der Waals surface area contributed by atoms with E-state index in [2.05, 4.69) is 47.2 Å². The Morgan fingerprint density at radius 3 is 2.32 bits per heavy atom. The van der Waals surface area contributed by atoms with Gasteiger partial charge in [-0.15, -0.1) is 0 Å². The molecule has 1 N–H and O–H groups in total. The van der Waals surface area contributed by atoms with Gasteiger partial charge in [-0.25, -0.2) is 9.18 Å². The third-order valence-electron chi connectivity index (χ3n) is 7.59. The summed E-state index contributed by atoms with van der Waals surface area (Å²) in [6, 6.07) is 12.6. The van der Waals surface area contributed by atoms with Crippen LogP contribution in [0.5, 0.6) is 0 Å². The number of oxime groups is 1. The minimum Gasteiger partial charge on any atom is -0.326 e. The number of rotatable bonds is 4. The molecule has 4 rings (SSSR count). The zero-order valence-corrected chi connectivity index (χ0v) is 19.3. The number of carbonyl (C=O) groups excluding carboxylic acids is 2. The molecule has 0 spiro atoms. The monoisotopic (exact) mass is 486 g/mol. The van der Waals surface area contributed by atoms with E-state index in [0.29, 0.717) is 24.1 Å². The molecule has 2 aliphatic carbocycles. The Labute approximate surface area is 189 Å². The molecular formula is C24H24BrFN2O3. The summed E-state index contributed by atoms with van der Waals surface area (Å²) in [5.74, 6) is -1.00. The van der Waals surface area contributed by atoms with Gasteiger partial charge in [0.25, 0.3) is 0 Å². The van der Waals surface area contributed by atoms with E-state index in [9.17, 15) is 14.0 Å². The fourth-order valence-electron chi connectivity index (χ4n) is 5.04. The zero-order valence-electron chi connectivity index (χ0n) is 17.7. The number of nitrogens with zero attached hydrogens (tertiary/aromatic N) is 1. The lowest BCUT2D eigenvalue weighted by atomic mass is 9.64. The van der Waals surface area contributed by atoms with Crippen molar-refractivity contribution in [2.75, 3.05) is 5.32 Å². The summed E-state index contributed by atoms with van der Waals surface area (Å²) in [5.41, 5.74) is 0.239. The number of anilines is 1. The van der Waals surface area contributed by atoms with Crippen LogP contribution in [-0.2, 0) is 9.63 Å². The highest BCUT2D eigenvalue weighted by Crippen LogP contribution is 2.71. The van der Waals surface area contributed by atoms with Crippen LogP contribution in [0.25, 0.3) is 0 Å². The molecule has 7 heteroatoms. The summed E-state index contributed by atoms with van der Waals surface area (Å²) >= 11 is 3.34. The van der Waals surface area contributed by atoms with E-state index in [1.54, 1.807) is 36.4 Å². The van der Waals surface area contributed by atoms with E-state index < -0.39 is 16.8 Å². The number of nitrogens with one attached hydrogen (secondary N) is 1. The molecule has 2 bridgehead atoms. The van der Waals surface area contributed by atoms with Gasteiger partial charge in [0.2, 0.25) is 5.91 Å². The molecule has 1 amide bonds. The number of benzene rings is 2. The average molecular weight is 487 g/mol. The first kappa shape index (κ1) is 21.7. The fourth-order valence-corrected chi connectivity index (χ4v) is 5.31. The summed E-state index contributed by atoms with van der Waals surface area (Å²) < 4.78 is 14.1. The van der Waals surface area contributed by atoms with E-state index in [-0.39, 0.29) is 17.1 Å². The van der Waals surface area contributed by atoms with Gasteiger partial charge in [-0.2, -0.15) is 0 Å². The van der Waals surface area contributed by atoms with Crippen LogP contribution >= 0.6 is 15.9 Å².